The van der Waals surface area contributed by atoms with Crippen molar-refractivity contribution in [3.8, 4) is 0 Å². The van der Waals surface area contributed by atoms with Gasteiger partial charge in [0.1, 0.15) is 13.2 Å². The largest absolute Gasteiger partial charge is 0.464 e. The molecule has 2 atom stereocenters. The second-order valence-electron chi connectivity index (χ2n) is 6.33. The van der Waals surface area contributed by atoms with Gasteiger partial charge in [0.15, 0.2) is 0 Å². The molecule has 0 aliphatic heterocycles. The Labute approximate surface area is 165 Å². The van der Waals surface area contributed by atoms with Crippen molar-refractivity contribution >= 4 is 12.1 Å². The fourth-order valence-corrected chi connectivity index (χ4v) is 2.37. The number of esters is 1. The minimum atomic E-state index is -0.784. The fraction of sp³-hybridized carbons (Fsp3) is 0.333. The van der Waals surface area contributed by atoms with Crippen LogP contribution in [0.2, 0.25) is 0 Å². The molecule has 0 saturated heterocycles. The highest BCUT2D eigenvalue weighted by Gasteiger charge is 2.06. The molecule has 0 aliphatic carbocycles. The molecule has 6 N–H and O–H groups in total. The normalized spacial score (nSPS) is 12.1. The number of benzene rings is 2. The summed E-state index contributed by atoms with van der Waals surface area (Å²) in [7, 11) is 0. The second kappa shape index (κ2) is 13.3. The standard InChI is InChI=1S/C11H15NO2.C10H14N2O2/c1-9(13)14-8-11(12)7-10-5-3-2-4-6-10;11-9(7-14-10(12)13)6-8-4-2-1-3-5-8/h2-6,11H,7-8,12H2,1H3;1-5,9H,6-7,11H2,(H2,12,13)/t11-;9-/m00/s1. The van der Waals surface area contributed by atoms with Crippen LogP contribution >= 0.6 is 0 Å². The molecule has 2 aromatic rings. The van der Waals surface area contributed by atoms with E-state index in [1.165, 1.54) is 6.92 Å². The topological polar surface area (TPSA) is 131 Å². The molecule has 0 unspecified atom stereocenters. The summed E-state index contributed by atoms with van der Waals surface area (Å²) in [4.78, 5) is 20.8. The first-order valence-electron chi connectivity index (χ1n) is 9.01. The number of nitrogens with two attached hydrogens (primary N) is 3. The average Bonchev–Trinajstić information content (AvgIpc) is 2.67. The summed E-state index contributed by atoms with van der Waals surface area (Å²) in [6.45, 7) is 1.82. The Morgan fingerprint density at radius 1 is 0.786 bits per heavy atom. The van der Waals surface area contributed by atoms with Crippen LogP contribution in [-0.4, -0.2) is 37.4 Å². The lowest BCUT2D eigenvalue weighted by atomic mass is 10.1. The number of rotatable bonds is 8. The summed E-state index contributed by atoms with van der Waals surface area (Å²) in [6.07, 6.45) is 0.621. The maximum atomic E-state index is 10.5. The number of hydrogen-bond donors (Lipinski definition) is 3. The van der Waals surface area contributed by atoms with Crippen molar-refractivity contribution in [2.24, 2.45) is 17.2 Å². The van der Waals surface area contributed by atoms with Crippen molar-refractivity contribution in [3.63, 3.8) is 0 Å². The lowest BCUT2D eigenvalue weighted by Gasteiger charge is -2.10. The molecule has 0 aromatic heterocycles. The predicted octanol–water partition coefficient (Wildman–Crippen LogP) is 1.77. The monoisotopic (exact) mass is 387 g/mol. The molecule has 0 radical (unpaired) electrons. The van der Waals surface area contributed by atoms with Gasteiger partial charge in [-0.15, -0.1) is 0 Å². The summed E-state index contributed by atoms with van der Waals surface area (Å²) in [6, 6.07) is 19.4. The Kier molecular flexibility index (Phi) is 11.0. The maximum absolute atomic E-state index is 10.5. The molecular formula is C21H29N3O4. The molecule has 7 nitrogen and oxygen atoms in total. The van der Waals surface area contributed by atoms with Crippen LogP contribution in [-0.2, 0) is 27.1 Å². The second-order valence-corrected chi connectivity index (χ2v) is 6.33. The van der Waals surface area contributed by atoms with E-state index < -0.39 is 6.09 Å². The summed E-state index contributed by atoms with van der Waals surface area (Å²) in [5.74, 6) is -0.284. The van der Waals surface area contributed by atoms with Crippen LogP contribution in [0.4, 0.5) is 4.79 Å². The van der Waals surface area contributed by atoms with Crippen molar-refractivity contribution in [2.45, 2.75) is 31.8 Å². The molecule has 28 heavy (non-hydrogen) atoms. The summed E-state index contributed by atoms with van der Waals surface area (Å²) in [5.41, 5.74) is 18.6. The number of carbonyl (C=O) groups is 2. The Morgan fingerprint density at radius 3 is 1.54 bits per heavy atom. The van der Waals surface area contributed by atoms with Gasteiger partial charge in [-0.1, -0.05) is 60.7 Å². The number of carbonyl (C=O) groups excluding carboxylic acids is 2. The van der Waals surface area contributed by atoms with Gasteiger partial charge in [-0.2, -0.15) is 0 Å². The van der Waals surface area contributed by atoms with Crippen molar-refractivity contribution in [3.05, 3.63) is 71.8 Å². The van der Waals surface area contributed by atoms with Gasteiger partial charge in [0.2, 0.25) is 0 Å². The van der Waals surface area contributed by atoms with E-state index in [4.69, 9.17) is 21.9 Å². The van der Waals surface area contributed by atoms with Gasteiger partial charge in [-0.25, -0.2) is 4.79 Å². The van der Waals surface area contributed by atoms with Crippen LogP contribution in [0.25, 0.3) is 0 Å². The van der Waals surface area contributed by atoms with Crippen LogP contribution in [0.3, 0.4) is 0 Å². The Balaban J connectivity index is 0.000000280. The highest BCUT2D eigenvalue weighted by molar-refractivity contribution is 5.65. The van der Waals surface area contributed by atoms with E-state index in [1.54, 1.807) is 0 Å². The van der Waals surface area contributed by atoms with E-state index in [1.807, 2.05) is 60.7 Å². The lowest BCUT2D eigenvalue weighted by molar-refractivity contribution is -0.141. The fourth-order valence-electron chi connectivity index (χ4n) is 2.37. The number of amides is 1. The molecule has 0 heterocycles. The molecule has 2 rings (SSSR count). The molecule has 2 aromatic carbocycles. The van der Waals surface area contributed by atoms with E-state index >= 15 is 0 Å². The Bertz CT molecular complexity index is 634. The van der Waals surface area contributed by atoms with Crippen LogP contribution in [0, 0.1) is 0 Å². The summed E-state index contributed by atoms with van der Waals surface area (Å²) < 4.78 is 9.40. The van der Waals surface area contributed by atoms with E-state index in [0.29, 0.717) is 6.42 Å². The Morgan fingerprint density at radius 2 is 1.18 bits per heavy atom. The molecule has 0 spiro atoms. The average molecular weight is 387 g/mol. The van der Waals surface area contributed by atoms with Gasteiger partial charge in [-0.05, 0) is 24.0 Å². The van der Waals surface area contributed by atoms with Gasteiger partial charge in [0.05, 0.1) is 0 Å². The van der Waals surface area contributed by atoms with Gasteiger partial charge in [-0.3, -0.25) is 4.79 Å². The number of ether oxygens (including phenoxy) is 2. The van der Waals surface area contributed by atoms with Gasteiger partial charge < -0.3 is 26.7 Å². The zero-order chi connectivity index (χ0) is 20.8. The minimum absolute atomic E-state index is 0.124. The third kappa shape index (κ3) is 11.7. The molecule has 0 bridgehead atoms. The van der Waals surface area contributed by atoms with Crippen molar-refractivity contribution in [1.82, 2.24) is 0 Å². The zero-order valence-corrected chi connectivity index (χ0v) is 16.1. The van der Waals surface area contributed by atoms with Crippen LogP contribution in [0.5, 0.6) is 0 Å². The molecular weight excluding hydrogens is 358 g/mol. The van der Waals surface area contributed by atoms with Gasteiger partial charge in [0.25, 0.3) is 0 Å². The first-order valence-corrected chi connectivity index (χ1v) is 9.01. The molecule has 0 fully saturated rings. The SMILES string of the molecule is CC(=O)OC[C@@H](N)Cc1ccccc1.NC(=O)OC[C@@H](N)Cc1ccccc1. The maximum Gasteiger partial charge on any atom is 0.404 e. The number of primary amides is 1. The smallest absolute Gasteiger partial charge is 0.404 e. The predicted molar refractivity (Wildman–Crippen MR) is 108 cm³/mol. The first kappa shape index (κ1) is 23.1. The van der Waals surface area contributed by atoms with E-state index in [9.17, 15) is 9.59 Å². The quantitative estimate of drug-likeness (QED) is 0.592. The summed E-state index contributed by atoms with van der Waals surface area (Å²) in [5, 5.41) is 0. The third-order valence-electron chi connectivity index (χ3n) is 3.62. The summed E-state index contributed by atoms with van der Waals surface area (Å²) >= 11 is 0. The van der Waals surface area contributed by atoms with E-state index in [0.717, 1.165) is 17.5 Å². The van der Waals surface area contributed by atoms with Crippen LogP contribution in [0.15, 0.2) is 60.7 Å². The van der Waals surface area contributed by atoms with Crippen LogP contribution in [0.1, 0.15) is 18.1 Å². The first-order chi connectivity index (χ1) is 13.4. The molecule has 0 saturated carbocycles. The van der Waals surface area contributed by atoms with E-state index in [-0.39, 0.29) is 31.3 Å². The zero-order valence-electron chi connectivity index (χ0n) is 16.1. The highest BCUT2D eigenvalue weighted by atomic mass is 16.5. The third-order valence-corrected chi connectivity index (χ3v) is 3.62. The van der Waals surface area contributed by atoms with E-state index in [2.05, 4.69) is 4.74 Å². The minimum Gasteiger partial charge on any atom is -0.464 e. The molecule has 0 aliphatic rings. The van der Waals surface area contributed by atoms with Crippen molar-refractivity contribution in [1.29, 1.82) is 0 Å². The molecule has 7 heteroatoms. The number of hydrogen-bond acceptors (Lipinski definition) is 6. The molecule has 1 amide bonds. The van der Waals surface area contributed by atoms with Crippen LogP contribution < -0.4 is 17.2 Å². The highest BCUT2D eigenvalue weighted by Crippen LogP contribution is 2.02. The van der Waals surface area contributed by atoms with Gasteiger partial charge >= 0.3 is 12.1 Å². The lowest BCUT2D eigenvalue weighted by Crippen LogP contribution is -2.31. The van der Waals surface area contributed by atoms with Gasteiger partial charge in [0, 0.05) is 19.0 Å². The molecule has 152 valence electrons. The Hall–Kier alpha value is -2.90. The van der Waals surface area contributed by atoms with Crippen molar-refractivity contribution < 1.29 is 19.1 Å². The van der Waals surface area contributed by atoms with Crippen molar-refractivity contribution in [2.75, 3.05) is 13.2 Å².